The third-order valence-electron chi connectivity index (χ3n) is 6.04. The lowest BCUT2D eigenvalue weighted by molar-refractivity contribution is -0.136. The second-order valence-electron chi connectivity index (χ2n) is 8.69. The molecule has 3 rings (SSSR count). The van der Waals surface area contributed by atoms with Gasteiger partial charge in [0.15, 0.2) is 0 Å². The van der Waals surface area contributed by atoms with Gasteiger partial charge < -0.3 is 14.6 Å². The maximum Gasteiger partial charge on any atom is 0.303 e. The molecule has 0 bridgehead atoms. The Labute approximate surface area is 206 Å². The molecule has 1 N–H and O–H groups in total. The number of nitrogens with zero attached hydrogens (tertiary/aromatic N) is 1. The fraction of sp³-hybridized carbons (Fsp3) is 0.345. The van der Waals surface area contributed by atoms with E-state index in [4.69, 9.17) is 14.6 Å². The van der Waals surface area contributed by atoms with E-state index in [2.05, 4.69) is 12.1 Å². The van der Waals surface area contributed by atoms with Crippen molar-refractivity contribution >= 4 is 5.97 Å². The first-order chi connectivity index (χ1) is 16.9. The van der Waals surface area contributed by atoms with Crippen LogP contribution in [-0.2, 0) is 17.6 Å². The Bertz CT molecular complexity index is 1130. The molecule has 0 aliphatic rings. The second kappa shape index (κ2) is 12.7. The Hall–Kier alpha value is -3.67. The summed E-state index contributed by atoms with van der Waals surface area (Å²) >= 11 is 0. The number of hydrogen-bond acceptors (Lipinski definition) is 5. The zero-order valence-corrected chi connectivity index (χ0v) is 20.6. The van der Waals surface area contributed by atoms with E-state index in [-0.39, 0.29) is 12.5 Å². The molecule has 0 saturated carbocycles. The van der Waals surface area contributed by atoms with E-state index in [1.165, 1.54) is 0 Å². The van der Waals surface area contributed by atoms with E-state index in [1.807, 2.05) is 80.6 Å². The van der Waals surface area contributed by atoms with Crippen LogP contribution in [0, 0.1) is 11.8 Å². The quantitative estimate of drug-likeness (QED) is 0.279. The van der Waals surface area contributed by atoms with Crippen molar-refractivity contribution in [3.63, 3.8) is 0 Å². The number of carbonyl (C=O) groups is 1. The number of carboxylic acid groups (broad SMARTS) is 1. The molecule has 35 heavy (non-hydrogen) atoms. The first-order valence-corrected chi connectivity index (χ1v) is 12.0. The predicted octanol–water partition coefficient (Wildman–Crippen LogP) is 6.67. The summed E-state index contributed by atoms with van der Waals surface area (Å²) in [6, 6.07) is 20.6. The highest BCUT2D eigenvalue weighted by atomic mass is 16.5. The summed E-state index contributed by atoms with van der Waals surface area (Å²) in [7, 11) is 0. The van der Waals surface area contributed by atoms with E-state index < -0.39 is 12.0 Å². The van der Waals surface area contributed by atoms with E-state index in [0.29, 0.717) is 25.2 Å². The summed E-state index contributed by atoms with van der Waals surface area (Å²) in [5, 5.41) is 12.3. The van der Waals surface area contributed by atoms with Crippen molar-refractivity contribution in [3.05, 3.63) is 99.5 Å². The van der Waals surface area contributed by atoms with Crippen LogP contribution in [0.2, 0.25) is 0 Å². The lowest BCUT2D eigenvalue weighted by Gasteiger charge is -2.21. The Morgan fingerprint density at radius 3 is 2.49 bits per heavy atom. The van der Waals surface area contributed by atoms with E-state index >= 15 is 0 Å². The summed E-state index contributed by atoms with van der Waals surface area (Å²) in [6.07, 6.45) is 1.98. The van der Waals surface area contributed by atoms with Crippen LogP contribution in [0.4, 0.5) is 0 Å². The van der Waals surface area contributed by atoms with Gasteiger partial charge in [-0.1, -0.05) is 54.6 Å². The number of aryl methyl sites for hydroxylation is 3. The van der Waals surface area contributed by atoms with Gasteiger partial charge in [0.25, 0.3) is 0 Å². The molecule has 0 radical (unpaired) electrons. The van der Waals surface area contributed by atoms with Gasteiger partial charge in [-0.25, -0.2) is 0 Å². The zero-order chi connectivity index (χ0) is 25.2. The van der Waals surface area contributed by atoms with Gasteiger partial charge >= 0.3 is 5.97 Å². The molecule has 1 unspecified atom stereocenters. The summed E-state index contributed by atoms with van der Waals surface area (Å²) in [5.41, 5.74) is 4.75. The van der Waals surface area contributed by atoms with E-state index in [0.717, 1.165) is 40.0 Å². The monoisotopic (exact) mass is 475 g/mol. The summed E-state index contributed by atoms with van der Waals surface area (Å²) < 4.78 is 12.2. The minimum atomic E-state index is -0.801. The van der Waals surface area contributed by atoms with Crippen molar-refractivity contribution in [1.29, 1.82) is 0 Å². The van der Waals surface area contributed by atoms with Crippen LogP contribution in [0.3, 0.4) is 0 Å². The molecule has 3 aromatic rings. The van der Waals surface area contributed by atoms with E-state index in [1.54, 1.807) is 0 Å². The van der Waals surface area contributed by atoms with Gasteiger partial charge in [0, 0.05) is 18.4 Å². The van der Waals surface area contributed by atoms with Crippen LogP contribution in [-0.4, -0.2) is 23.8 Å². The first-order valence-electron chi connectivity index (χ1n) is 12.0. The van der Waals surface area contributed by atoms with Crippen molar-refractivity contribution < 1.29 is 19.4 Å². The fourth-order valence-electron chi connectivity index (χ4n) is 3.97. The normalized spacial score (nSPS) is 12.5. The van der Waals surface area contributed by atoms with Crippen LogP contribution in [0.25, 0.3) is 0 Å². The molecule has 184 valence electrons. The molecule has 0 aliphatic heterocycles. The van der Waals surface area contributed by atoms with Gasteiger partial charge in [-0.05, 0) is 73.2 Å². The van der Waals surface area contributed by atoms with Crippen molar-refractivity contribution in [3.8, 4) is 11.5 Å². The number of aliphatic carboxylic acids is 1. The number of hydrogen-bond donors (Lipinski definition) is 1. The summed E-state index contributed by atoms with van der Waals surface area (Å²) in [6.45, 7) is 6.48. The predicted molar refractivity (Wildman–Crippen MR) is 137 cm³/mol. The Morgan fingerprint density at radius 2 is 1.83 bits per heavy atom. The van der Waals surface area contributed by atoms with Crippen LogP contribution < -0.4 is 9.47 Å². The Balaban J connectivity index is 1.64. The van der Waals surface area contributed by atoms with Crippen molar-refractivity contribution in [2.75, 3.05) is 6.61 Å². The highest BCUT2D eigenvalue weighted by Crippen LogP contribution is 2.34. The molecule has 0 heterocycles. The third kappa shape index (κ3) is 7.41. The van der Waals surface area contributed by atoms with Crippen LogP contribution in [0.5, 0.6) is 11.5 Å². The maximum atomic E-state index is 11.8. The summed E-state index contributed by atoms with van der Waals surface area (Å²) in [5.74, 6) is 0.600. The molecule has 0 amide bonds. The number of ether oxygens (including phenoxy) is 2. The molecule has 2 atom stereocenters. The number of nitroso groups, excluding NO2 is 1. The van der Waals surface area contributed by atoms with Gasteiger partial charge in [-0.3, -0.25) is 4.79 Å². The fourth-order valence-corrected chi connectivity index (χ4v) is 3.97. The standard InChI is InChI=1S/C29H33NO5/c1-4-22-10-14-27(26(19-22)29(30-33)24-8-6-5-7-9-24)35-21(3)16-17-34-25-13-11-23(20(2)18-25)12-15-28(31)32/h5-11,13-14,18-19,21,29H,4,12,15-17H2,1-3H3,(H,31,32)/t21-,29?/m1/s1. The number of carboxylic acids is 1. The van der Waals surface area contributed by atoms with Gasteiger partial charge in [0.05, 0.1) is 12.7 Å². The van der Waals surface area contributed by atoms with Crippen molar-refractivity contribution in [2.24, 2.45) is 5.18 Å². The summed E-state index contributed by atoms with van der Waals surface area (Å²) in [4.78, 5) is 22.7. The maximum absolute atomic E-state index is 11.8. The van der Waals surface area contributed by atoms with Crippen molar-refractivity contribution in [2.45, 2.75) is 58.6 Å². The Kier molecular flexibility index (Phi) is 9.41. The van der Waals surface area contributed by atoms with Gasteiger partial charge in [0.1, 0.15) is 17.5 Å². The minimum Gasteiger partial charge on any atom is -0.493 e. The molecular weight excluding hydrogens is 442 g/mol. The molecule has 0 aliphatic carbocycles. The van der Waals surface area contributed by atoms with Crippen LogP contribution >= 0.6 is 0 Å². The minimum absolute atomic E-state index is 0.113. The molecule has 6 heteroatoms. The SMILES string of the molecule is CCc1ccc(O[C@H](C)CCOc2ccc(CCC(=O)O)c(C)c2)c(C(N=O)c2ccccc2)c1. The molecule has 6 nitrogen and oxygen atoms in total. The van der Waals surface area contributed by atoms with Crippen LogP contribution in [0.1, 0.15) is 60.5 Å². The molecule has 0 saturated heterocycles. The third-order valence-corrected chi connectivity index (χ3v) is 6.04. The van der Waals surface area contributed by atoms with Crippen molar-refractivity contribution in [1.82, 2.24) is 0 Å². The molecule has 0 fully saturated rings. The largest absolute Gasteiger partial charge is 0.493 e. The molecule has 3 aromatic carbocycles. The zero-order valence-electron chi connectivity index (χ0n) is 20.6. The first kappa shape index (κ1) is 25.9. The average molecular weight is 476 g/mol. The lowest BCUT2D eigenvalue weighted by atomic mass is 9.96. The van der Waals surface area contributed by atoms with Crippen LogP contribution in [0.15, 0.2) is 71.9 Å². The number of benzene rings is 3. The molecule has 0 spiro atoms. The molecule has 0 aromatic heterocycles. The highest BCUT2D eigenvalue weighted by molar-refractivity contribution is 5.67. The lowest BCUT2D eigenvalue weighted by Crippen LogP contribution is -2.17. The average Bonchev–Trinajstić information content (AvgIpc) is 2.85. The van der Waals surface area contributed by atoms with Gasteiger partial charge in [0.2, 0.25) is 0 Å². The number of rotatable bonds is 13. The van der Waals surface area contributed by atoms with Gasteiger partial charge in [-0.15, -0.1) is 4.91 Å². The second-order valence-corrected chi connectivity index (χ2v) is 8.69. The molecular formula is C29H33NO5. The topological polar surface area (TPSA) is 85.2 Å². The van der Waals surface area contributed by atoms with Gasteiger partial charge in [-0.2, -0.15) is 0 Å². The smallest absolute Gasteiger partial charge is 0.303 e. The Morgan fingerprint density at radius 1 is 1.06 bits per heavy atom. The highest BCUT2D eigenvalue weighted by Gasteiger charge is 2.21. The van der Waals surface area contributed by atoms with E-state index in [9.17, 15) is 9.70 Å².